The van der Waals surface area contributed by atoms with E-state index in [0.29, 0.717) is 0 Å². The molecule has 1 aliphatic heterocycles. The zero-order chi connectivity index (χ0) is 14.1. The van der Waals surface area contributed by atoms with Gasteiger partial charge in [0.15, 0.2) is 0 Å². The molecule has 1 aliphatic rings. The smallest absolute Gasteiger partial charge is 0.344 e. The van der Waals surface area contributed by atoms with Crippen molar-refractivity contribution in [2.24, 2.45) is 0 Å². The summed E-state index contributed by atoms with van der Waals surface area (Å²) in [6.45, 7) is 0. The highest BCUT2D eigenvalue weighted by Crippen LogP contribution is 2.37. The highest BCUT2D eigenvalue weighted by atomic mass is 16.6. The number of hydrogen-bond acceptors (Lipinski definition) is 4. The fourth-order valence-electron chi connectivity index (χ4n) is 2.13. The third-order valence-electron chi connectivity index (χ3n) is 3.01. The average molecular weight is 267 g/mol. The van der Waals surface area contributed by atoms with Gasteiger partial charge in [0.2, 0.25) is 0 Å². The van der Waals surface area contributed by atoms with Crippen LogP contribution in [0.25, 0.3) is 11.8 Å². The van der Waals surface area contributed by atoms with Crippen LogP contribution in [-0.2, 0) is 4.74 Å². The summed E-state index contributed by atoms with van der Waals surface area (Å²) in [6.07, 6.45) is 1.62. The Bertz CT molecular complexity index is 735. The summed E-state index contributed by atoms with van der Waals surface area (Å²) in [5.74, 6) is -0.352. The van der Waals surface area contributed by atoms with E-state index in [4.69, 9.17) is 4.74 Å². The van der Waals surface area contributed by atoms with Gasteiger partial charge in [-0.2, -0.15) is 0 Å². The monoisotopic (exact) mass is 267 g/mol. The first-order chi connectivity index (χ1) is 9.66. The van der Waals surface area contributed by atoms with Crippen LogP contribution in [0.4, 0.5) is 5.69 Å². The predicted molar refractivity (Wildman–Crippen MR) is 72.8 cm³/mol. The van der Waals surface area contributed by atoms with Crippen molar-refractivity contribution in [3.63, 3.8) is 0 Å². The summed E-state index contributed by atoms with van der Waals surface area (Å²) in [5.41, 5.74) is 1.14. The predicted octanol–water partition coefficient (Wildman–Crippen LogP) is 3.26. The molecule has 0 amide bonds. The molecule has 1 heterocycles. The molecular weight excluding hydrogens is 258 g/mol. The Hall–Kier alpha value is -2.95. The molecule has 0 N–H and O–H groups in total. The van der Waals surface area contributed by atoms with E-state index >= 15 is 0 Å². The number of esters is 1. The number of carbonyl (C=O) groups is 1. The van der Waals surface area contributed by atoms with E-state index in [-0.39, 0.29) is 22.6 Å². The molecular formula is C15H9NO4. The number of nitrogens with zero attached hydrogens (tertiary/aromatic N) is 1. The van der Waals surface area contributed by atoms with Crippen LogP contribution in [0, 0.1) is 10.1 Å². The Balaban J connectivity index is 2.18. The first-order valence-corrected chi connectivity index (χ1v) is 5.93. The summed E-state index contributed by atoms with van der Waals surface area (Å²) < 4.78 is 5.14. The van der Waals surface area contributed by atoms with Crippen LogP contribution >= 0.6 is 0 Å². The molecule has 0 spiro atoms. The lowest BCUT2D eigenvalue weighted by Crippen LogP contribution is -1.95. The van der Waals surface area contributed by atoms with Gasteiger partial charge >= 0.3 is 5.97 Å². The fraction of sp³-hybridized carbons (Fsp3) is 0. The summed E-state index contributed by atoms with van der Waals surface area (Å²) >= 11 is 0. The van der Waals surface area contributed by atoms with Crippen LogP contribution in [-0.4, -0.2) is 10.9 Å². The molecule has 2 aromatic rings. The van der Waals surface area contributed by atoms with Gasteiger partial charge in [0.1, 0.15) is 11.3 Å². The van der Waals surface area contributed by atoms with Crippen molar-refractivity contribution >= 4 is 23.5 Å². The molecule has 0 radical (unpaired) electrons. The number of nitro benzene ring substituents is 1. The van der Waals surface area contributed by atoms with Crippen LogP contribution < -0.4 is 0 Å². The molecule has 2 aromatic carbocycles. The third-order valence-corrected chi connectivity index (χ3v) is 3.01. The summed E-state index contributed by atoms with van der Waals surface area (Å²) in [7, 11) is 0. The molecule has 3 rings (SSSR count). The largest absolute Gasteiger partial charge is 0.422 e. The van der Waals surface area contributed by atoms with E-state index in [2.05, 4.69) is 0 Å². The molecule has 0 saturated carbocycles. The molecule has 5 nitrogen and oxygen atoms in total. The Morgan fingerprint density at radius 1 is 1.05 bits per heavy atom. The zero-order valence-electron chi connectivity index (χ0n) is 10.3. The number of benzene rings is 2. The third kappa shape index (κ3) is 1.95. The maximum absolute atomic E-state index is 11.8. The number of nitro groups is 1. The second kappa shape index (κ2) is 4.62. The Morgan fingerprint density at radius 3 is 2.50 bits per heavy atom. The fourth-order valence-corrected chi connectivity index (χ4v) is 2.13. The van der Waals surface area contributed by atoms with Crippen molar-refractivity contribution in [2.75, 3.05) is 0 Å². The van der Waals surface area contributed by atoms with Gasteiger partial charge in [-0.05, 0) is 17.7 Å². The van der Waals surface area contributed by atoms with E-state index in [9.17, 15) is 14.9 Å². The topological polar surface area (TPSA) is 69.4 Å². The number of rotatable bonds is 2. The molecule has 0 fully saturated rings. The maximum atomic E-state index is 11.8. The normalized spacial score (nSPS) is 15.0. The summed E-state index contributed by atoms with van der Waals surface area (Å²) in [4.78, 5) is 22.3. The maximum Gasteiger partial charge on any atom is 0.344 e. The van der Waals surface area contributed by atoms with Crippen LogP contribution in [0.5, 0.6) is 0 Å². The van der Waals surface area contributed by atoms with E-state index in [1.807, 2.05) is 30.3 Å². The molecule has 0 unspecified atom stereocenters. The van der Waals surface area contributed by atoms with Crippen molar-refractivity contribution in [1.82, 2.24) is 0 Å². The van der Waals surface area contributed by atoms with Gasteiger partial charge in [0.05, 0.1) is 10.5 Å². The molecule has 98 valence electrons. The Morgan fingerprint density at radius 2 is 1.80 bits per heavy atom. The summed E-state index contributed by atoms with van der Waals surface area (Å²) in [5, 5.41) is 11.1. The first kappa shape index (κ1) is 12.1. The molecule has 20 heavy (non-hydrogen) atoms. The van der Waals surface area contributed by atoms with Crippen molar-refractivity contribution < 1.29 is 14.5 Å². The Kier molecular flexibility index (Phi) is 2.80. The second-order valence-electron chi connectivity index (χ2n) is 4.27. The van der Waals surface area contributed by atoms with Crippen molar-refractivity contribution in [3.05, 3.63) is 75.3 Å². The van der Waals surface area contributed by atoms with Gasteiger partial charge in [0, 0.05) is 6.07 Å². The number of hydrogen-bond donors (Lipinski definition) is 0. The minimum atomic E-state index is -0.564. The lowest BCUT2D eigenvalue weighted by Gasteiger charge is -2.00. The van der Waals surface area contributed by atoms with Crippen molar-refractivity contribution in [1.29, 1.82) is 0 Å². The highest BCUT2D eigenvalue weighted by Gasteiger charge is 2.33. The van der Waals surface area contributed by atoms with Gasteiger partial charge in [-0.15, -0.1) is 0 Å². The first-order valence-electron chi connectivity index (χ1n) is 5.93. The average Bonchev–Trinajstić information content (AvgIpc) is 2.77. The Labute approximate surface area is 114 Å². The molecule has 0 atom stereocenters. The highest BCUT2D eigenvalue weighted by molar-refractivity contribution is 6.07. The number of cyclic esters (lactones) is 1. The lowest BCUT2D eigenvalue weighted by atomic mass is 10.0. The van der Waals surface area contributed by atoms with Crippen molar-refractivity contribution in [3.8, 4) is 0 Å². The molecule has 0 aliphatic carbocycles. The van der Waals surface area contributed by atoms with Gasteiger partial charge in [-0.3, -0.25) is 10.1 Å². The van der Waals surface area contributed by atoms with E-state index < -0.39 is 10.9 Å². The minimum absolute atomic E-state index is 0.129. The van der Waals surface area contributed by atoms with Crippen molar-refractivity contribution in [2.45, 2.75) is 0 Å². The SMILES string of the molecule is O=C1OC(=Cc2ccccc2)c2c1cccc2[N+](=O)[O-]. The van der Waals surface area contributed by atoms with Crippen LogP contribution in [0.2, 0.25) is 0 Å². The quantitative estimate of drug-likeness (QED) is 0.475. The van der Waals surface area contributed by atoms with E-state index in [1.165, 1.54) is 18.2 Å². The summed E-state index contributed by atoms with van der Waals surface area (Å²) in [6, 6.07) is 13.5. The number of carbonyl (C=O) groups excluding carboxylic acids is 1. The van der Waals surface area contributed by atoms with Gasteiger partial charge in [0.25, 0.3) is 5.69 Å². The van der Waals surface area contributed by atoms with E-state index in [1.54, 1.807) is 6.08 Å². The van der Waals surface area contributed by atoms with Crippen LogP contribution in [0.15, 0.2) is 48.5 Å². The van der Waals surface area contributed by atoms with Gasteiger partial charge in [-0.25, -0.2) is 4.79 Å². The minimum Gasteiger partial charge on any atom is -0.422 e. The second-order valence-corrected chi connectivity index (χ2v) is 4.27. The van der Waals surface area contributed by atoms with Crippen LogP contribution in [0.1, 0.15) is 21.5 Å². The van der Waals surface area contributed by atoms with Gasteiger partial charge < -0.3 is 4.74 Å². The molecule has 0 bridgehead atoms. The number of fused-ring (bicyclic) bond motifs is 1. The standard InChI is InChI=1S/C15H9NO4/c17-15-11-7-4-8-12(16(18)19)14(11)13(20-15)9-10-5-2-1-3-6-10/h1-9H. The zero-order valence-corrected chi connectivity index (χ0v) is 10.3. The molecule has 0 saturated heterocycles. The van der Waals surface area contributed by atoms with Gasteiger partial charge in [-0.1, -0.05) is 36.4 Å². The molecule has 5 heteroatoms. The molecule has 0 aromatic heterocycles. The lowest BCUT2D eigenvalue weighted by molar-refractivity contribution is -0.385. The van der Waals surface area contributed by atoms with Crippen LogP contribution in [0.3, 0.4) is 0 Å². The van der Waals surface area contributed by atoms with E-state index in [0.717, 1.165) is 5.56 Å². The number of ether oxygens (including phenoxy) is 1.